The third kappa shape index (κ3) is 6.67. The number of carbonyl (C=O) groups is 1. The second-order valence-corrected chi connectivity index (χ2v) is 7.70. The standard InChI is InChI=1S/C20H33N3O2/c1-16(2)7-8-21-20(24)15-23-11-9-22(10-12-23)14-18-13-17(3)5-6-19(18)25-4/h5-6,13,16H,7-12,14-15H2,1-4H3,(H,21,24)/p+2. The molecule has 0 atom stereocenters. The van der Waals surface area contributed by atoms with E-state index in [-0.39, 0.29) is 5.91 Å². The van der Waals surface area contributed by atoms with Crippen LogP contribution >= 0.6 is 0 Å². The summed E-state index contributed by atoms with van der Waals surface area (Å²) in [5.41, 5.74) is 2.56. The molecule has 0 bridgehead atoms. The lowest BCUT2D eigenvalue weighted by Gasteiger charge is -2.29. The van der Waals surface area contributed by atoms with Gasteiger partial charge in [0.15, 0.2) is 6.54 Å². The van der Waals surface area contributed by atoms with Crippen molar-refractivity contribution in [2.24, 2.45) is 5.92 Å². The van der Waals surface area contributed by atoms with Gasteiger partial charge in [0.25, 0.3) is 5.91 Å². The number of benzene rings is 1. The average Bonchev–Trinajstić information content (AvgIpc) is 2.56. The molecular formula is C20H35N3O2+2. The Morgan fingerprint density at radius 2 is 1.88 bits per heavy atom. The van der Waals surface area contributed by atoms with Crippen molar-refractivity contribution < 1.29 is 19.3 Å². The second-order valence-electron chi connectivity index (χ2n) is 7.70. The Bertz CT molecular complexity index is 552. The van der Waals surface area contributed by atoms with E-state index in [9.17, 15) is 4.79 Å². The Balaban J connectivity index is 1.74. The van der Waals surface area contributed by atoms with Crippen LogP contribution in [0.5, 0.6) is 5.75 Å². The Kier molecular flexibility index (Phi) is 7.72. The van der Waals surface area contributed by atoms with E-state index >= 15 is 0 Å². The molecule has 1 aliphatic heterocycles. The molecule has 1 heterocycles. The number of carbonyl (C=O) groups excluding carboxylic acids is 1. The van der Waals surface area contributed by atoms with Crippen molar-refractivity contribution >= 4 is 5.91 Å². The predicted molar refractivity (Wildman–Crippen MR) is 100 cm³/mol. The van der Waals surface area contributed by atoms with Gasteiger partial charge < -0.3 is 19.9 Å². The van der Waals surface area contributed by atoms with E-state index < -0.39 is 0 Å². The highest BCUT2D eigenvalue weighted by molar-refractivity contribution is 5.76. The largest absolute Gasteiger partial charge is 0.496 e. The van der Waals surface area contributed by atoms with E-state index in [1.807, 2.05) is 0 Å². The molecule has 0 aliphatic carbocycles. The van der Waals surface area contributed by atoms with Crippen molar-refractivity contribution in [3.05, 3.63) is 29.3 Å². The molecule has 0 radical (unpaired) electrons. The molecule has 0 saturated carbocycles. The van der Waals surface area contributed by atoms with Crippen molar-refractivity contribution in [1.29, 1.82) is 0 Å². The zero-order chi connectivity index (χ0) is 18.2. The van der Waals surface area contributed by atoms with Crippen molar-refractivity contribution in [2.45, 2.75) is 33.7 Å². The summed E-state index contributed by atoms with van der Waals surface area (Å²) >= 11 is 0. The Labute approximate surface area is 152 Å². The highest BCUT2D eigenvalue weighted by atomic mass is 16.5. The van der Waals surface area contributed by atoms with Crippen molar-refractivity contribution in [1.82, 2.24) is 5.32 Å². The van der Waals surface area contributed by atoms with Crippen LogP contribution in [0.1, 0.15) is 31.4 Å². The van der Waals surface area contributed by atoms with E-state index in [4.69, 9.17) is 4.74 Å². The molecule has 140 valence electrons. The van der Waals surface area contributed by atoms with E-state index in [1.54, 1.807) is 12.0 Å². The summed E-state index contributed by atoms with van der Waals surface area (Å²) in [6.45, 7) is 13.2. The van der Waals surface area contributed by atoms with Gasteiger partial charge >= 0.3 is 0 Å². The number of rotatable bonds is 8. The first kappa shape index (κ1) is 19.7. The first-order valence-corrected chi connectivity index (χ1v) is 9.55. The smallest absolute Gasteiger partial charge is 0.275 e. The minimum absolute atomic E-state index is 0.194. The monoisotopic (exact) mass is 349 g/mol. The first-order chi connectivity index (χ1) is 12.0. The van der Waals surface area contributed by atoms with Gasteiger partial charge in [-0.15, -0.1) is 0 Å². The highest BCUT2D eigenvalue weighted by Crippen LogP contribution is 2.18. The fourth-order valence-corrected chi connectivity index (χ4v) is 3.42. The highest BCUT2D eigenvalue weighted by Gasteiger charge is 2.25. The number of aryl methyl sites for hydroxylation is 1. The molecule has 2 rings (SSSR count). The van der Waals surface area contributed by atoms with E-state index in [0.717, 1.165) is 51.4 Å². The first-order valence-electron chi connectivity index (χ1n) is 9.55. The number of nitrogens with one attached hydrogen (secondary N) is 3. The lowest BCUT2D eigenvalue weighted by Crippen LogP contribution is -3.28. The summed E-state index contributed by atoms with van der Waals surface area (Å²) in [7, 11) is 1.74. The summed E-state index contributed by atoms with van der Waals surface area (Å²) < 4.78 is 5.50. The topological polar surface area (TPSA) is 47.2 Å². The number of hydrogen-bond acceptors (Lipinski definition) is 2. The number of quaternary nitrogens is 2. The van der Waals surface area contributed by atoms with Gasteiger partial charge in [-0.25, -0.2) is 0 Å². The van der Waals surface area contributed by atoms with Gasteiger partial charge in [-0.2, -0.15) is 0 Å². The van der Waals surface area contributed by atoms with E-state index in [2.05, 4.69) is 44.3 Å². The van der Waals surface area contributed by atoms with Crippen LogP contribution in [-0.4, -0.2) is 52.3 Å². The molecule has 1 aromatic rings. The van der Waals surface area contributed by atoms with Crippen LogP contribution in [0, 0.1) is 12.8 Å². The lowest BCUT2D eigenvalue weighted by molar-refractivity contribution is -1.02. The van der Waals surface area contributed by atoms with Crippen LogP contribution in [0.3, 0.4) is 0 Å². The summed E-state index contributed by atoms with van der Waals surface area (Å²) in [6, 6.07) is 6.39. The molecule has 0 unspecified atom stereocenters. The maximum absolute atomic E-state index is 12.0. The van der Waals surface area contributed by atoms with Gasteiger partial charge in [0.2, 0.25) is 0 Å². The Morgan fingerprint density at radius 3 is 2.52 bits per heavy atom. The normalized spacial score (nSPS) is 20.5. The van der Waals surface area contributed by atoms with Gasteiger partial charge in [-0.1, -0.05) is 25.5 Å². The number of piperazine rings is 1. The van der Waals surface area contributed by atoms with Crippen LogP contribution in [0.2, 0.25) is 0 Å². The Morgan fingerprint density at radius 1 is 1.20 bits per heavy atom. The van der Waals surface area contributed by atoms with Crippen LogP contribution in [0.25, 0.3) is 0 Å². The molecule has 1 amide bonds. The van der Waals surface area contributed by atoms with Crippen molar-refractivity contribution in [2.75, 3.05) is 46.4 Å². The minimum atomic E-state index is 0.194. The summed E-state index contributed by atoms with van der Waals surface area (Å²) in [6.07, 6.45) is 1.05. The number of methoxy groups -OCH3 is 1. The Hall–Kier alpha value is -1.59. The third-order valence-corrected chi connectivity index (χ3v) is 4.99. The summed E-state index contributed by atoms with van der Waals surface area (Å²) in [5.74, 6) is 1.82. The molecule has 5 nitrogen and oxygen atoms in total. The third-order valence-electron chi connectivity index (χ3n) is 4.99. The lowest BCUT2D eigenvalue weighted by atomic mass is 10.1. The van der Waals surface area contributed by atoms with Gasteiger partial charge in [0.1, 0.15) is 38.5 Å². The van der Waals surface area contributed by atoms with Gasteiger partial charge in [0.05, 0.1) is 7.11 Å². The zero-order valence-electron chi connectivity index (χ0n) is 16.3. The minimum Gasteiger partial charge on any atom is -0.496 e. The average molecular weight is 350 g/mol. The van der Waals surface area contributed by atoms with Gasteiger partial charge in [0, 0.05) is 12.1 Å². The number of ether oxygens (including phenoxy) is 1. The fraction of sp³-hybridized carbons (Fsp3) is 0.650. The van der Waals surface area contributed by atoms with E-state index in [1.165, 1.54) is 16.0 Å². The zero-order valence-corrected chi connectivity index (χ0v) is 16.3. The number of hydrogen-bond donors (Lipinski definition) is 3. The molecule has 3 N–H and O–H groups in total. The quantitative estimate of drug-likeness (QED) is 0.590. The van der Waals surface area contributed by atoms with Crippen LogP contribution in [-0.2, 0) is 11.3 Å². The van der Waals surface area contributed by atoms with Crippen LogP contribution in [0.4, 0.5) is 0 Å². The molecular weight excluding hydrogens is 314 g/mol. The maximum atomic E-state index is 12.0. The molecule has 0 spiro atoms. The summed E-state index contributed by atoms with van der Waals surface area (Å²) in [5, 5.41) is 3.05. The van der Waals surface area contributed by atoms with Gasteiger partial charge in [-0.05, 0) is 31.4 Å². The predicted octanol–water partition coefficient (Wildman–Crippen LogP) is -0.551. The fourth-order valence-electron chi connectivity index (χ4n) is 3.42. The molecule has 5 heteroatoms. The number of amides is 1. The molecule has 1 aromatic carbocycles. The molecule has 25 heavy (non-hydrogen) atoms. The van der Waals surface area contributed by atoms with Gasteiger partial charge in [-0.3, -0.25) is 4.79 Å². The van der Waals surface area contributed by atoms with Crippen LogP contribution in [0.15, 0.2) is 18.2 Å². The SMILES string of the molecule is COc1ccc(C)cc1C[NH+]1CC[NH+](CC(=O)NCCC(C)C)CC1. The van der Waals surface area contributed by atoms with E-state index in [0.29, 0.717) is 12.5 Å². The molecule has 1 saturated heterocycles. The molecule has 0 aromatic heterocycles. The second kappa shape index (κ2) is 9.78. The van der Waals surface area contributed by atoms with Crippen LogP contribution < -0.4 is 19.9 Å². The summed E-state index contributed by atoms with van der Waals surface area (Å²) in [4.78, 5) is 15.0. The molecule has 1 aliphatic rings. The van der Waals surface area contributed by atoms with Crippen molar-refractivity contribution in [3.63, 3.8) is 0 Å². The van der Waals surface area contributed by atoms with Crippen molar-refractivity contribution in [3.8, 4) is 5.75 Å². The molecule has 1 fully saturated rings. The maximum Gasteiger partial charge on any atom is 0.275 e.